The molecule has 0 aromatic heterocycles. The molecule has 26 heavy (non-hydrogen) atoms. The molecule has 2 heterocycles. The molecule has 1 aromatic carbocycles. The second-order valence-electron chi connectivity index (χ2n) is 7.24. The van der Waals surface area contributed by atoms with Gasteiger partial charge in [-0.2, -0.15) is 0 Å². The Morgan fingerprint density at radius 1 is 1.46 bits per heavy atom. The van der Waals surface area contributed by atoms with Gasteiger partial charge in [0.25, 0.3) is 0 Å². The van der Waals surface area contributed by atoms with Crippen molar-refractivity contribution in [3.8, 4) is 0 Å². The summed E-state index contributed by atoms with van der Waals surface area (Å²) in [7, 11) is 0. The zero-order valence-electron chi connectivity index (χ0n) is 15.2. The van der Waals surface area contributed by atoms with Gasteiger partial charge in [0.15, 0.2) is 5.96 Å². The van der Waals surface area contributed by atoms with E-state index in [0.29, 0.717) is 12.0 Å². The molecule has 0 aliphatic carbocycles. The first-order chi connectivity index (χ1) is 12.5. The third-order valence-corrected chi connectivity index (χ3v) is 5.16. The van der Waals surface area contributed by atoms with Gasteiger partial charge in [-0.3, -0.25) is 9.79 Å². The van der Waals surface area contributed by atoms with Gasteiger partial charge in [0.1, 0.15) is 5.82 Å². The molecule has 0 bridgehead atoms. The van der Waals surface area contributed by atoms with Crippen molar-refractivity contribution in [2.45, 2.75) is 32.3 Å². The van der Waals surface area contributed by atoms with Crippen molar-refractivity contribution in [1.29, 1.82) is 0 Å². The Morgan fingerprint density at radius 2 is 2.23 bits per heavy atom. The van der Waals surface area contributed by atoms with E-state index < -0.39 is 6.10 Å². The molecule has 2 saturated heterocycles. The molecule has 1 amide bonds. The number of carbonyl (C=O) groups is 1. The predicted octanol–water partition coefficient (Wildman–Crippen LogP) is 1.43. The van der Waals surface area contributed by atoms with Crippen LogP contribution in [0.3, 0.4) is 0 Å². The van der Waals surface area contributed by atoms with Crippen molar-refractivity contribution in [2.24, 2.45) is 10.4 Å². The smallest absolute Gasteiger partial charge is 0.220 e. The summed E-state index contributed by atoms with van der Waals surface area (Å²) < 4.78 is 13.0. The average Bonchev–Trinajstić information content (AvgIpc) is 2.98. The largest absolute Gasteiger partial charge is 0.386 e. The van der Waals surface area contributed by atoms with Crippen LogP contribution in [-0.2, 0) is 4.79 Å². The number of amides is 1. The Morgan fingerprint density at radius 3 is 2.88 bits per heavy atom. The molecular weight excluding hydrogens is 335 g/mol. The fourth-order valence-corrected chi connectivity index (χ4v) is 3.82. The summed E-state index contributed by atoms with van der Waals surface area (Å²) in [6, 6.07) is 5.83. The van der Waals surface area contributed by atoms with Crippen LogP contribution in [-0.4, -0.2) is 54.6 Å². The number of guanidine groups is 1. The number of nitrogens with zero attached hydrogens (tertiary/aromatic N) is 2. The van der Waals surface area contributed by atoms with Crippen molar-refractivity contribution in [2.75, 3.05) is 32.7 Å². The van der Waals surface area contributed by atoms with Crippen LogP contribution in [0.5, 0.6) is 0 Å². The first-order valence-corrected chi connectivity index (χ1v) is 9.25. The highest BCUT2D eigenvalue weighted by atomic mass is 19.1. The number of aliphatic hydroxyl groups is 1. The predicted molar refractivity (Wildman–Crippen MR) is 98.2 cm³/mol. The van der Waals surface area contributed by atoms with E-state index in [1.807, 2.05) is 6.92 Å². The molecule has 2 fully saturated rings. The Labute approximate surface area is 153 Å². The maximum Gasteiger partial charge on any atom is 0.220 e. The van der Waals surface area contributed by atoms with Gasteiger partial charge in [0.2, 0.25) is 5.91 Å². The van der Waals surface area contributed by atoms with E-state index in [-0.39, 0.29) is 23.7 Å². The fraction of sp³-hybridized carbons (Fsp3) is 0.579. The second kappa shape index (κ2) is 8.03. The minimum absolute atomic E-state index is 0.0128. The van der Waals surface area contributed by atoms with Crippen LogP contribution in [0, 0.1) is 11.2 Å². The lowest BCUT2D eigenvalue weighted by Gasteiger charge is -2.40. The number of likely N-dealkylation sites (tertiary alicyclic amines) is 1. The summed E-state index contributed by atoms with van der Waals surface area (Å²) in [6.45, 7) is 5.33. The summed E-state index contributed by atoms with van der Waals surface area (Å²) in [5.74, 6) is 0.559. The minimum atomic E-state index is -0.780. The number of hydrogen-bond donors (Lipinski definition) is 3. The number of aliphatic imine (C=N–C) groups is 1. The van der Waals surface area contributed by atoms with E-state index in [4.69, 9.17) is 0 Å². The molecule has 1 aromatic rings. The van der Waals surface area contributed by atoms with Gasteiger partial charge in [0, 0.05) is 38.0 Å². The zero-order valence-corrected chi connectivity index (χ0v) is 15.2. The molecule has 1 spiro atoms. The van der Waals surface area contributed by atoms with E-state index >= 15 is 0 Å². The van der Waals surface area contributed by atoms with E-state index in [9.17, 15) is 14.3 Å². The standard InChI is InChI=1S/C19H27FN4O2/c1-2-21-18(22-11-16(25)14-4-6-15(20)7-5-14)24-9-3-8-19(13-24)10-17(26)23-12-19/h4-7,16,25H,2-3,8-13H2,1H3,(H,21,22)(H,23,26). The maximum absolute atomic E-state index is 13.0. The van der Waals surface area contributed by atoms with Crippen molar-refractivity contribution < 1.29 is 14.3 Å². The van der Waals surface area contributed by atoms with Gasteiger partial charge in [-0.1, -0.05) is 12.1 Å². The molecule has 3 N–H and O–H groups in total. The molecule has 7 heteroatoms. The van der Waals surface area contributed by atoms with Crippen molar-refractivity contribution in [3.05, 3.63) is 35.6 Å². The van der Waals surface area contributed by atoms with Crippen LogP contribution in [0.15, 0.2) is 29.3 Å². The topological polar surface area (TPSA) is 77.0 Å². The van der Waals surface area contributed by atoms with Crippen LogP contribution in [0.1, 0.15) is 37.9 Å². The maximum atomic E-state index is 13.0. The van der Waals surface area contributed by atoms with Crippen molar-refractivity contribution >= 4 is 11.9 Å². The zero-order chi connectivity index (χ0) is 18.6. The highest BCUT2D eigenvalue weighted by Crippen LogP contribution is 2.36. The summed E-state index contributed by atoms with van der Waals surface area (Å²) in [4.78, 5) is 18.5. The number of benzene rings is 1. The Bertz CT molecular complexity index is 664. The number of nitrogens with one attached hydrogen (secondary N) is 2. The molecular formula is C19H27FN4O2. The molecule has 3 rings (SSSR count). The average molecular weight is 362 g/mol. The number of piperidine rings is 1. The Kier molecular flexibility index (Phi) is 5.76. The summed E-state index contributed by atoms with van der Waals surface area (Å²) >= 11 is 0. The fourth-order valence-electron chi connectivity index (χ4n) is 3.82. The van der Waals surface area contributed by atoms with Gasteiger partial charge in [-0.05, 0) is 37.5 Å². The van der Waals surface area contributed by atoms with Gasteiger partial charge in [-0.25, -0.2) is 4.39 Å². The van der Waals surface area contributed by atoms with Gasteiger partial charge >= 0.3 is 0 Å². The summed E-state index contributed by atoms with van der Waals surface area (Å²) in [5.41, 5.74) is 0.632. The van der Waals surface area contributed by atoms with E-state index in [0.717, 1.165) is 45.0 Å². The van der Waals surface area contributed by atoms with E-state index in [1.54, 1.807) is 12.1 Å². The van der Waals surface area contributed by atoms with Gasteiger partial charge in [0.05, 0.1) is 12.6 Å². The summed E-state index contributed by atoms with van der Waals surface area (Å²) in [5, 5.41) is 16.6. The first kappa shape index (κ1) is 18.6. The molecule has 2 unspecified atom stereocenters. The molecule has 142 valence electrons. The number of rotatable bonds is 4. The number of hydrogen-bond acceptors (Lipinski definition) is 3. The third kappa shape index (κ3) is 4.33. The first-order valence-electron chi connectivity index (χ1n) is 9.25. The van der Waals surface area contributed by atoms with Crippen LogP contribution in [0.25, 0.3) is 0 Å². The Hall–Kier alpha value is -2.15. The molecule has 2 aliphatic rings. The van der Waals surface area contributed by atoms with Crippen LogP contribution in [0.2, 0.25) is 0 Å². The minimum Gasteiger partial charge on any atom is -0.386 e. The summed E-state index contributed by atoms with van der Waals surface area (Å²) in [6.07, 6.45) is 1.85. The lowest BCUT2D eigenvalue weighted by molar-refractivity contribution is -0.119. The second-order valence-corrected chi connectivity index (χ2v) is 7.24. The SMILES string of the molecule is CCNC(=NCC(O)c1ccc(F)cc1)N1CCCC2(CNC(=O)C2)C1. The van der Waals surface area contributed by atoms with E-state index in [1.165, 1.54) is 12.1 Å². The number of carbonyl (C=O) groups excluding carboxylic acids is 1. The van der Waals surface area contributed by atoms with Crippen LogP contribution < -0.4 is 10.6 Å². The highest BCUT2D eigenvalue weighted by molar-refractivity contribution is 5.81. The van der Waals surface area contributed by atoms with Gasteiger partial charge in [-0.15, -0.1) is 0 Å². The highest BCUT2D eigenvalue weighted by Gasteiger charge is 2.42. The van der Waals surface area contributed by atoms with Crippen LogP contribution in [0.4, 0.5) is 4.39 Å². The third-order valence-electron chi connectivity index (χ3n) is 5.16. The molecule has 2 atom stereocenters. The van der Waals surface area contributed by atoms with Crippen molar-refractivity contribution in [3.63, 3.8) is 0 Å². The molecule has 0 saturated carbocycles. The lowest BCUT2D eigenvalue weighted by Crippen LogP contribution is -2.51. The molecule has 2 aliphatic heterocycles. The quantitative estimate of drug-likeness (QED) is 0.559. The monoisotopic (exact) mass is 362 g/mol. The number of aliphatic hydroxyl groups excluding tert-OH is 1. The molecule has 0 radical (unpaired) electrons. The van der Waals surface area contributed by atoms with E-state index in [2.05, 4.69) is 20.5 Å². The lowest BCUT2D eigenvalue weighted by atomic mass is 9.79. The number of halogens is 1. The van der Waals surface area contributed by atoms with Gasteiger partial charge < -0.3 is 20.6 Å². The van der Waals surface area contributed by atoms with Crippen molar-refractivity contribution in [1.82, 2.24) is 15.5 Å². The Balaban J connectivity index is 1.68. The molecule has 6 nitrogen and oxygen atoms in total. The normalized spacial score (nSPS) is 24.7. The van der Waals surface area contributed by atoms with Crippen LogP contribution >= 0.6 is 0 Å².